The predicted molar refractivity (Wildman–Crippen MR) is 146 cm³/mol. The maximum Gasteiger partial charge on any atom is 0.416 e. The lowest BCUT2D eigenvalue weighted by atomic mass is 10.0. The second kappa shape index (κ2) is 10.8. The minimum absolute atomic E-state index is 0.0324. The lowest BCUT2D eigenvalue weighted by Gasteiger charge is -2.26. The summed E-state index contributed by atoms with van der Waals surface area (Å²) < 4.78 is 62.2. The average molecular weight is 593 g/mol. The number of rotatable bonds is 5. The zero-order valence-electron chi connectivity index (χ0n) is 22.7. The highest BCUT2D eigenvalue weighted by Gasteiger charge is 2.48. The number of pyridine rings is 1. The number of alkyl halides is 3. The molecule has 2 aliphatic rings. The van der Waals surface area contributed by atoms with Gasteiger partial charge in [-0.3, -0.25) is 19.0 Å². The van der Waals surface area contributed by atoms with Gasteiger partial charge in [-0.05, 0) is 43.5 Å². The Balaban J connectivity index is 1.36. The van der Waals surface area contributed by atoms with Crippen LogP contribution in [-0.2, 0) is 22.1 Å². The summed E-state index contributed by atoms with van der Waals surface area (Å²) in [6, 6.07) is 4.68. The molecule has 0 saturated carbocycles. The molecule has 4 aromatic rings. The van der Waals surface area contributed by atoms with Crippen LogP contribution in [0.2, 0.25) is 0 Å². The molecule has 5 heterocycles. The van der Waals surface area contributed by atoms with Gasteiger partial charge in [0.2, 0.25) is 0 Å². The molecule has 0 spiro atoms. The zero-order chi connectivity index (χ0) is 30.5. The summed E-state index contributed by atoms with van der Waals surface area (Å²) in [6.07, 6.45) is -0.390. The van der Waals surface area contributed by atoms with E-state index in [2.05, 4.69) is 21.8 Å². The lowest BCUT2D eigenvalue weighted by molar-refractivity contribution is -0.137. The topological polar surface area (TPSA) is 116 Å². The van der Waals surface area contributed by atoms with Crippen molar-refractivity contribution in [1.82, 2.24) is 24.3 Å². The number of benzene rings is 1. The van der Waals surface area contributed by atoms with E-state index >= 15 is 4.39 Å². The van der Waals surface area contributed by atoms with Crippen molar-refractivity contribution in [3.8, 4) is 23.1 Å². The molecule has 3 aromatic heterocycles. The molecule has 2 saturated heterocycles. The van der Waals surface area contributed by atoms with Crippen molar-refractivity contribution in [2.75, 3.05) is 18.9 Å². The normalized spacial score (nSPS) is 19.7. The Labute approximate surface area is 242 Å². The van der Waals surface area contributed by atoms with Crippen LogP contribution < -0.4 is 5.73 Å². The van der Waals surface area contributed by atoms with E-state index < -0.39 is 35.8 Å². The number of hydrogen-bond donors (Lipinski definition) is 1. The number of amides is 1. The van der Waals surface area contributed by atoms with Crippen LogP contribution >= 0.6 is 0 Å². The quantitative estimate of drug-likeness (QED) is 0.209. The molecule has 2 fully saturated rings. The molecule has 2 aliphatic heterocycles. The minimum Gasteiger partial charge on any atom is -0.382 e. The van der Waals surface area contributed by atoms with Gasteiger partial charge in [0, 0.05) is 41.3 Å². The molecule has 2 N–H and O–H groups in total. The van der Waals surface area contributed by atoms with Crippen LogP contribution in [0.15, 0.2) is 48.9 Å². The fourth-order valence-corrected chi connectivity index (χ4v) is 5.85. The highest BCUT2D eigenvalue weighted by atomic mass is 19.4. The van der Waals surface area contributed by atoms with Crippen molar-refractivity contribution in [2.24, 2.45) is 5.92 Å². The number of fused-ring (bicyclic) bond motifs is 2. The maximum atomic E-state index is 15.7. The molecule has 13 heteroatoms. The Morgan fingerprint density at radius 3 is 2.70 bits per heavy atom. The zero-order valence-corrected chi connectivity index (χ0v) is 22.7. The summed E-state index contributed by atoms with van der Waals surface area (Å²) >= 11 is 0. The van der Waals surface area contributed by atoms with E-state index in [1.807, 2.05) is 0 Å². The Hall–Kier alpha value is -4.83. The van der Waals surface area contributed by atoms with Gasteiger partial charge in [0.25, 0.3) is 5.91 Å². The number of imidazole rings is 1. The number of ether oxygens (including phenoxy) is 1. The predicted octanol–water partition coefficient (Wildman–Crippen LogP) is 4.27. The molecule has 220 valence electrons. The van der Waals surface area contributed by atoms with E-state index in [9.17, 15) is 22.8 Å². The van der Waals surface area contributed by atoms with E-state index in [0.29, 0.717) is 31.0 Å². The molecular weight excluding hydrogens is 568 g/mol. The summed E-state index contributed by atoms with van der Waals surface area (Å²) in [4.78, 5) is 40.4. The Morgan fingerprint density at radius 1 is 1.14 bits per heavy atom. The van der Waals surface area contributed by atoms with Crippen molar-refractivity contribution >= 4 is 23.0 Å². The van der Waals surface area contributed by atoms with Gasteiger partial charge < -0.3 is 15.4 Å². The molecule has 6 rings (SSSR count). The van der Waals surface area contributed by atoms with E-state index in [-0.39, 0.29) is 46.2 Å². The number of carbonyl (C=O) groups excluding carboxylic acids is 2. The fourth-order valence-electron chi connectivity index (χ4n) is 5.85. The molecule has 0 aliphatic carbocycles. The van der Waals surface area contributed by atoms with Crippen LogP contribution in [0.5, 0.6) is 0 Å². The van der Waals surface area contributed by atoms with E-state index in [0.717, 1.165) is 24.4 Å². The van der Waals surface area contributed by atoms with Crippen molar-refractivity contribution in [2.45, 2.75) is 38.0 Å². The van der Waals surface area contributed by atoms with Gasteiger partial charge in [-0.15, -0.1) is 0 Å². The summed E-state index contributed by atoms with van der Waals surface area (Å²) in [7, 11) is 0. The van der Waals surface area contributed by atoms with Crippen LogP contribution in [0.4, 0.5) is 23.4 Å². The fraction of sp³-hybridized carbons (Fsp3) is 0.300. The number of ketones is 1. The molecule has 3 atom stereocenters. The summed E-state index contributed by atoms with van der Waals surface area (Å²) in [5.74, 6) is 4.10. The van der Waals surface area contributed by atoms with Crippen LogP contribution in [0, 0.1) is 23.6 Å². The van der Waals surface area contributed by atoms with Crippen LogP contribution in [-0.4, -0.2) is 55.2 Å². The first-order valence-electron chi connectivity index (χ1n) is 13.4. The largest absolute Gasteiger partial charge is 0.416 e. The van der Waals surface area contributed by atoms with Gasteiger partial charge in [0.1, 0.15) is 28.7 Å². The Kier molecular flexibility index (Phi) is 7.09. The van der Waals surface area contributed by atoms with Crippen molar-refractivity contribution < 1.29 is 31.9 Å². The molecule has 0 bridgehead atoms. The number of aromatic nitrogens is 4. The number of likely N-dealkylation sites (tertiary alicyclic amines) is 1. The van der Waals surface area contributed by atoms with Crippen molar-refractivity contribution in [3.63, 3.8) is 0 Å². The highest BCUT2D eigenvalue weighted by Crippen LogP contribution is 2.44. The van der Waals surface area contributed by atoms with E-state index in [4.69, 9.17) is 15.5 Å². The number of nitrogens with zero attached hydrogens (tertiary/aromatic N) is 5. The molecular formula is C30H24F4N6O3. The SMILES string of the molecule is CC#CC(=O)N1[C@@H]2COC[C@@H]2C[C@H]1c1nc(-c2ccc(C(=O)Cc3cc(C(F)(F)F)ccn3)cc2F)c2c(N)nccn12. The van der Waals surface area contributed by atoms with Gasteiger partial charge in [-0.1, -0.05) is 12.0 Å². The third-order valence-electron chi connectivity index (χ3n) is 7.79. The standard InChI is InChI=1S/C30H24F4N6O3/c1-2-3-25(42)40-22(11-17-14-43-15-23(17)40)29-38-26(27-28(35)37-8-9-39(27)29)20-5-4-16(10-21(20)31)24(41)13-19-12-18(6-7-36-19)30(32,33)34/h4-10,12,17,22-23H,11,13-15H2,1H3,(H2,35,37)/t17-,22-,23+/m0/s1. The number of hydrogen-bond acceptors (Lipinski definition) is 7. The lowest BCUT2D eigenvalue weighted by Crippen LogP contribution is -2.39. The van der Waals surface area contributed by atoms with Crippen LogP contribution in [0.3, 0.4) is 0 Å². The number of nitrogen functional groups attached to an aromatic ring is 1. The number of halogens is 4. The maximum absolute atomic E-state index is 15.7. The molecule has 43 heavy (non-hydrogen) atoms. The molecule has 9 nitrogen and oxygen atoms in total. The monoisotopic (exact) mass is 592 g/mol. The Morgan fingerprint density at radius 2 is 1.95 bits per heavy atom. The van der Waals surface area contributed by atoms with E-state index in [1.165, 1.54) is 18.3 Å². The van der Waals surface area contributed by atoms with Crippen molar-refractivity contribution in [1.29, 1.82) is 0 Å². The number of carbonyl (C=O) groups is 2. The van der Waals surface area contributed by atoms with Gasteiger partial charge in [0.15, 0.2) is 5.78 Å². The summed E-state index contributed by atoms with van der Waals surface area (Å²) in [5.41, 5.74) is 5.69. The minimum atomic E-state index is -4.59. The van der Waals surface area contributed by atoms with Crippen LogP contribution in [0.25, 0.3) is 16.8 Å². The summed E-state index contributed by atoms with van der Waals surface area (Å²) in [6.45, 7) is 2.44. The van der Waals surface area contributed by atoms with Crippen LogP contribution in [0.1, 0.15) is 46.8 Å². The molecule has 0 radical (unpaired) electrons. The first-order valence-corrected chi connectivity index (χ1v) is 13.4. The second-order valence-electron chi connectivity index (χ2n) is 10.4. The van der Waals surface area contributed by atoms with Gasteiger partial charge in [-0.2, -0.15) is 13.2 Å². The smallest absolute Gasteiger partial charge is 0.382 e. The first kappa shape index (κ1) is 28.3. The van der Waals surface area contributed by atoms with Gasteiger partial charge >= 0.3 is 6.18 Å². The van der Waals surface area contributed by atoms with Crippen molar-refractivity contribution in [3.05, 3.63) is 77.4 Å². The average Bonchev–Trinajstić information content (AvgIpc) is 3.66. The first-order chi connectivity index (χ1) is 20.6. The number of nitrogens with two attached hydrogens (primary N) is 1. The van der Waals surface area contributed by atoms with Gasteiger partial charge in [-0.25, -0.2) is 14.4 Å². The number of anilines is 1. The highest BCUT2D eigenvalue weighted by molar-refractivity contribution is 5.98. The summed E-state index contributed by atoms with van der Waals surface area (Å²) in [5, 5.41) is 0. The Bertz CT molecular complexity index is 1830. The molecule has 1 aromatic carbocycles. The third-order valence-corrected chi connectivity index (χ3v) is 7.79. The molecule has 1 amide bonds. The molecule has 0 unspecified atom stereocenters. The number of Topliss-reactive ketones (excluding diaryl/α,β-unsaturated/α-hetero) is 1. The third kappa shape index (κ3) is 5.08. The van der Waals surface area contributed by atoms with Gasteiger partial charge in [0.05, 0.1) is 37.3 Å². The van der Waals surface area contributed by atoms with E-state index in [1.54, 1.807) is 22.4 Å². The second-order valence-corrected chi connectivity index (χ2v) is 10.4.